The first kappa shape index (κ1) is 15.5. The van der Waals surface area contributed by atoms with E-state index in [2.05, 4.69) is 36.4 Å². The maximum Gasteiger partial charge on any atom is 0.312 e. The standard InChI is InChI=1S/C12H11BrN4O3S/c1-2-20-10(18)4-9-16-17-12(21-9)15-11(19)7-3-8(13)6-14-5-7/h3,5-6H,2,4H2,1H3,(H,15,17,19). The summed E-state index contributed by atoms with van der Waals surface area (Å²) in [6.07, 6.45) is 3.07. The summed E-state index contributed by atoms with van der Waals surface area (Å²) in [5.41, 5.74) is 0.395. The molecule has 2 heterocycles. The minimum absolute atomic E-state index is 0.0415. The van der Waals surface area contributed by atoms with E-state index < -0.39 is 0 Å². The van der Waals surface area contributed by atoms with Crippen LogP contribution in [0.1, 0.15) is 22.3 Å². The van der Waals surface area contributed by atoms with E-state index in [4.69, 9.17) is 4.74 Å². The van der Waals surface area contributed by atoms with Gasteiger partial charge in [-0.3, -0.25) is 19.9 Å². The van der Waals surface area contributed by atoms with Gasteiger partial charge in [-0.1, -0.05) is 11.3 Å². The van der Waals surface area contributed by atoms with Gasteiger partial charge in [-0.25, -0.2) is 0 Å². The van der Waals surface area contributed by atoms with E-state index in [9.17, 15) is 9.59 Å². The van der Waals surface area contributed by atoms with E-state index in [1.807, 2.05) is 0 Å². The SMILES string of the molecule is CCOC(=O)Cc1nnc(NC(=O)c2cncc(Br)c2)s1. The van der Waals surface area contributed by atoms with Gasteiger partial charge < -0.3 is 4.74 Å². The van der Waals surface area contributed by atoms with Gasteiger partial charge in [0.2, 0.25) is 5.13 Å². The average molecular weight is 371 g/mol. The van der Waals surface area contributed by atoms with Gasteiger partial charge >= 0.3 is 5.97 Å². The molecule has 0 spiro atoms. The Kier molecular flexibility index (Phi) is 5.34. The highest BCUT2D eigenvalue weighted by Gasteiger charge is 2.13. The second kappa shape index (κ2) is 7.23. The van der Waals surface area contributed by atoms with Crippen molar-refractivity contribution in [1.82, 2.24) is 15.2 Å². The highest BCUT2D eigenvalue weighted by molar-refractivity contribution is 9.10. The van der Waals surface area contributed by atoms with Crippen LogP contribution in [0.15, 0.2) is 22.9 Å². The molecular weight excluding hydrogens is 360 g/mol. The lowest BCUT2D eigenvalue weighted by Crippen LogP contribution is -2.11. The number of carbonyl (C=O) groups is 2. The number of aromatic nitrogens is 3. The molecule has 0 aliphatic rings. The molecule has 0 bridgehead atoms. The maximum atomic E-state index is 12.0. The lowest BCUT2D eigenvalue weighted by molar-refractivity contribution is -0.142. The summed E-state index contributed by atoms with van der Waals surface area (Å²) in [5, 5.41) is 11.1. The average Bonchev–Trinajstić information content (AvgIpc) is 2.86. The fourth-order valence-corrected chi connectivity index (χ4v) is 2.50. The number of esters is 1. The summed E-state index contributed by atoms with van der Waals surface area (Å²) in [5.74, 6) is -0.717. The zero-order chi connectivity index (χ0) is 15.2. The van der Waals surface area contributed by atoms with Crippen molar-refractivity contribution in [3.8, 4) is 0 Å². The number of anilines is 1. The van der Waals surface area contributed by atoms with E-state index in [1.165, 1.54) is 6.20 Å². The fourth-order valence-electron chi connectivity index (χ4n) is 1.42. The normalized spacial score (nSPS) is 10.2. The lowest BCUT2D eigenvalue weighted by Gasteiger charge is -2.00. The van der Waals surface area contributed by atoms with Crippen LogP contribution in [0.4, 0.5) is 5.13 Å². The third-order valence-corrected chi connectivity index (χ3v) is 3.53. The number of ether oxygens (including phenoxy) is 1. The Labute approximate surface area is 132 Å². The largest absolute Gasteiger partial charge is 0.466 e. The first-order valence-corrected chi connectivity index (χ1v) is 7.59. The number of nitrogens with one attached hydrogen (secondary N) is 1. The van der Waals surface area contributed by atoms with Crippen LogP contribution in [-0.4, -0.2) is 33.7 Å². The molecule has 110 valence electrons. The van der Waals surface area contributed by atoms with Gasteiger partial charge in [-0.15, -0.1) is 10.2 Å². The smallest absolute Gasteiger partial charge is 0.312 e. The number of amides is 1. The molecule has 2 rings (SSSR count). The molecule has 21 heavy (non-hydrogen) atoms. The Hall–Kier alpha value is -1.87. The predicted molar refractivity (Wildman–Crippen MR) is 80.1 cm³/mol. The number of halogens is 1. The van der Waals surface area contributed by atoms with Gasteiger partial charge in [-0.05, 0) is 28.9 Å². The van der Waals surface area contributed by atoms with Crippen molar-refractivity contribution in [1.29, 1.82) is 0 Å². The minimum Gasteiger partial charge on any atom is -0.466 e. The van der Waals surface area contributed by atoms with E-state index in [0.717, 1.165) is 11.3 Å². The van der Waals surface area contributed by atoms with Crippen LogP contribution in [0.25, 0.3) is 0 Å². The van der Waals surface area contributed by atoms with Gasteiger partial charge in [-0.2, -0.15) is 0 Å². The van der Waals surface area contributed by atoms with Crippen molar-refractivity contribution < 1.29 is 14.3 Å². The number of hydrogen-bond acceptors (Lipinski definition) is 7. The van der Waals surface area contributed by atoms with Gasteiger partial charge in [0.15, 0.2) is 0 Å². The molecule has 7 nitrogen and oxygen atoms in total. The van der Waals surface area contributed by atoms with Crippen LogP contribution in [0.3, 0.4) is 0 Å². The van der Waals surface area contributed by atoms with E-state index in [-0.39, 0.29) is 18.3 Å². The maximum absolute atomic E-state index is 12.0. The molecule has 2 aromatic heterocycles. The first-order chi connectivity index (χ1) is 10.1. The molecule has 0 fully saturated rings. The van der Waals surface area contributed by atoms with Gasteiger partial charge in [0, 0.05) is 16.9 Å². The summed E-state index contributed by atoms with van der Waals surface area (Å²) in [6, 6.07) is 1.64. The molecule has 0 saturated carbocycles. The van der Waals surface area contributed by atoms with Crippen LogP contribution in [-0.2, 0) is 16.0 Å². The van der Waals surface area contributed by atoms with E-state index in [1.54, 1.807) is 19.2 Å². The monoisotopic (exact) mass is 370 g/mol. The quantitative estimate of drug-likeness (QED) is 0.809. The molecule has 0 atom stereocenters. The van der Waals surface area contributed by atoms with Crippen molar-refractivity contribution >= 4 is 44.3 Å². The zero-order valence-electron chi connectivity index (χ0n) is 11.0. The van der Waals surface area contributed by atoms with E-state index >= 15 is 0 Å². The number of carbonyl (C=O) groups excluding carboxylic acids is 2. The van der Waals surface area contributed by atoms with Crippen LogP contribution in [0.5, 0.6) is 0 Å². The Morgan fingerprint density at radius 3 is 2.90 bits per heavy atom. The molecule has 0 radical (unpaired) electrons. The molecular formula is C12H11BrN4O3S. The minimum atomic E-state index is -0.372. The van der Waals surface area contributed by atoms with Gasteiger partial charge in [0.05, 0.1) is 18.6 Å². The summed E-state index contributed by atoms with van der Waals surface area (Å²) in [6.45, 7) is 2.05. The van der Waals surface area contributed by atoms with Gasteiger partial charge in [0.1, 0.15) is 5.01 Å². The van der Waals surface area contributed by atoms with Crippen LogP contribution < -0.4 is 5.32 Å². The van der Waals surface area contributed by atoms with Crippen molar-refractivity contribution in [2.45, 2.75) is 13.3 Å². The zero-order valence-corrected chi connectivity index (χ0v) is 13.4. The summed E-state index contributed by atoms with van der Waals surface area (Å²) in [4.78, 5) is 27.2. The predicted octanol–water partition coefficient (Wildman–Crippen LogP) is 2.05. The topological polar surface area (TPSA) is 94.1 Å². The molecule has 0 aromatic carbocycles. The van der Waals surface area contributed by atoms with Crippen molar-refractivity contribution in [2.24, 2.45) is 0 Å². The molecule has 0 saturated heterocycles. The highest BCUT2D eigenvalue weighted by atomic mass is 79.9. The highest BCUT2D eigenvalue weighted by Crippen LogP contribution is 2.17. The first-order valence-electron chi connectivity index (χ1n) is 5.98. The Bertz CT molecular complexity index is 661. The summed E-state index contributed by atoms with van der Waals surface area (Å²) < 4.78 is 5.52. The number of hydrogen-bond donors (Lipinski definition) is 1. The molecule has 0 aliphatic carbocycles. The molecule has 1 N–H and O–H groups in total. The van der Waals surface area contributed by atoms with Gasteiger partial charge in [0.25, 0.3) is 5.91 Å². The molecule has 9 heteroatoms. The van der Waals surface area contributed by atoms with Crippen molar-refractivity contribution in [3.05, 3.63) is 33.5 Å². The molecule has 0 aliphatic heterocycles. The second-order valence-corrected chi connectivity index (χ2v) is 5.81. The van der Waals surface area contributed by atoms with Crippen LogP contribution in [0.2, 0.25) is 0 Å². The Morgan fingerprint density at radius 2 is 2.19 bits per heavy atom. The van der Waals surface area contributed by atoms with Crippen molar-refractivity contribution in [3.63, 3.8) is 0 Å². The third kappa shape index (κ3) is 4.57. The summed E-state index contributed by atoms with van der Waals surface area (Å²) >= 11 is 4.37. The lowest BCUT2D eigenvalue weighted by atomic mass is 10.3. The molecule has 2 aromatic rings. The second-order valence-electron chi connectivity index (χ2n) is 3.83. The Balaban J connectivity index is 1.99. The summed E-state index contributed by atoms with van der Waals surface area (Å²) in [7, 11) is 0. The fraction of sp³-hybridized carbons (Fsp3) is 0.250. The third-order valence-electron chi connectivity index (χ3n) is 2.26. The van der Waals surface area contributed by atoms with E-state index in [0.29, 0.717) is 26.8 Å². The number of pyridine rings is 1. The van der Waals surface area contributed by atoms with Crippen LogP contribution >= 0.6 is 27.3 Å². The molecule has 0 unspecified atom stereocenters. The number of nitrogens with zero attached hydrogens (tertiary/aromatic N) is 3. The Morgan fingerprint density at radius 1 is 1.38 bits per heavy atom. The molecule has 1 amide bonds. The number of rotatable bonds is 5. The van der Waals surface area contributed by atoms with Crippen molar-refractivity contribution in [2.75, 3.05) is 11.9 Å². The van der Waals surface area contributed by atoms with Crippen LogP contribution in [0, 0.1) is 0 Å².